The molecule has 2 saturated heterocycles. The van der Waals surface area contributed by atoms with Crippen molar-refractivity contribution in [3.05, 3.63) is 0 Å². The Bertz CT molecular complexity index is 391. The van der Waals surface area contributed by atoms with Crippen LogP contribution in [0.25, 0.3) is 0 Å². The van der Waals surface area contributed by atoms with Gasteiger partial charge in [0.25, 0.3) is 0 Å². The molecule has 0 aromatic rings. The third kappa shape index (κ3) is 3.48. The van der Waals surface area contributed by atoms with E-state index in [1.54, 1.807) is 4.90 Å². The highest BCUT2D eigenvalue weighted by molar-refractivity contribution is 5.77. The molecule has 2 amide bonds. The summed E-state index contributed by atoms with van der Waals surface area (Å²) in [6.07, 6.45) is 3.52. The molecule has 6 nitrogen and oxygen atoms in total. The van der Waals surface area contributed by atoms with Crippen LogP contribution in [0.1, 0.15) is 46.0 Å². The third-order valence-electron chi connectivity index (χ3n) is 4.88. The molecule has 21 heavy (non-hydrogen) atoms. The van der Waals surface area contributed by atoms with Gasteiger partial charge in [-0.05, 0) is 32.6 Å². The SMILES string of the molecule is CCCC1(C(=O)O)CCN(C(=O)NC2CCOC2C)CC1. The van der Waals surface area contributed by atoms with Crippen molar-refractivity contribution in [2.45, 2.75) is 58.1 Å². The van der Waals surface area contributed by atoms with Gasteiger partial charge < -0.3 is 20.1 Å². The molecule has 2 rings (SSSR count). The zero-order chi connectivity index (χ0) is 15.5. The summed E-state index contributed by atoms with van der Waals surface area (Å²) in [5.41, 5.74) is -0.644. The minimum atomic E-state index is -0.720. The molecule has 0 saturated carbocycles. The second kappa shape index (κ2) is 6.64. The Labute approximate surface area is 125 Å². The molecule has 0 aliphatic carbocycles. The molecule has 0 bridgehead atoms. The van der Waals surface area contributed by atoms with Gasteiger partial charge in [-0.3, -0.25) is 4.79 Å². The molecule has 0 radical (unpaired) electrons. The Hall–Kier alpha value is -1.30. The van der Waals surface area contributed by atoms with Gasteiger partial charge in [0.15, 0.2) is 0 Å². The van der Waals surface area contributed by atoms with Crippen LogP contribution in [0.4, 0.5) is 4.79 Å². The molecule has 2 aliphatic rings. The van der Waals surface area contributed by atoms with Crippen molar-refractivity contribution < 1.29 is 19.4 Å². The van der Waals surface area contributed by atoms with Gasteiger partial charge in [-0.25, -0.2) is 4.79 Å². The highest BCUT2D eigenvalue weighted by Gasteiger charge is 2.41. The largest absolute Gasteiger partial charge is 0.481 e. The van der Waals surface area contributed by atoms with Crippen molar-refractivity contribution in [1.29, 1.82) is 0 Å². The summed E-state index contributed by atoms with van der Waals surface area (Å²) in [5, 5.41) is 12.5. The van der Waals surface area contributed by atoms with Crippen LogP contribution in [0.3, 0.4) is 0 Å². The van der Waals surface area contributed by atoms with Crippen molar-refractivity contribution in [1.82, 2.24) is 10.2 Å². The summed E-state index contributed by atoms with van der Waals surface area (Å²) in [4.78, 5) is 25.5. The normalized spacial score (nSPS) is 28.4. The lowest BCUT2D eigenvalue weighted by Crippen LogP contribution is -2.52. The zero-order valence-electron chi connectivity index (χ0n) is 12.9. The molecule has 120 valence electrons. The van der Waals surface area contributed by atoms with E-state index in [1.807, 2.05) is 13.8 Å². The van der Waals surface area contributed by atoms with Crippen LogP contribution in [-0.2, 0) is 9.53 Å². The number of nitrogens with one attached hydrogen (secondary N) is 1. The Morgan fingerprint density at radius 1 is 1.38 bits per heavy atom. The van der Waals surface area contributed by atoms with Crippen molar-refractivity contribution >= 4 is 12.0 Å². The molecular weight excluding hydrogens is 272 g/mol. The fourth-order valence-electron chi connectivity index (χ4n) is 3.36. The number of piperidine rings is 1. The average molecular weight is 298 g/mol. The number of carboxylic acids is 1. The number of aliphatic carboxylic acids is 1. The highest BCUT2D eigenvalue weighted by atomic mass is 16.5. The van der Waals surface area contributed by atoms with Crippen LogP contribution in [0.5, 0.6) is 0 Å². The Balaban J connectivity index is 1.87. The molecule has 0 aromatic heterocycles. The Kier molecular flexibility index (Phi) is 5.08. The molecule has 0 spiro atoms. The molecule has 2 aliphatic heterocycles. The van der Waals surface area contributed by atoms with Crippen molar-refractivity contribution in [2.24, 2.45) is 5.41 Å². The Morgan fingerprint density at radius 3 is 2.52 bits per heavy atom. The quantitative estimate of drug-likeness (QED) is 0.830. The summed E-state index contributed by atoms with van der Waals surface area (Å²) in [5.74, 6) is -0.720. The number of likely N-dealkylation sites (tertiary alicyclic amines) is 1. The van der Waals surface area contributed by atoms with Crippen molar-refractivity contribution in [3.63, 3.8) is 0 Å². The van der Waals surface area contributed by atoms with Gasteiger partial charge in [0.2, 0.25) is 0 Å². The zero-order valence-corrected chi connectivity index (χ0v) is 12.9. The molecule has 0 aromatic carbocycles. The summed E-state index contributed by atoms with van der Waals surface area (Å²) >= 11 is 0. The van der Waals surface area contributed by atoms with Crippen LogP contribution in [0.15, 0.2) is 0 Å². The highest BCUT2D eigenvalue weighted by Crippen LogP contribution is 2.36. The lowest BCUT2D eigenvalue weighted by molar-refractivity contribution is -0.152. The number of carbonyl (C=O) groups excluding carboxylic acids is 1. The monoisotopic (exact) mass is 298 g/mol. The van der Waals surface area contributed by atoms with Gasteiger partial charge in [0.05, 0.1) is 17.6 Å². The number of urea groups is 1. The molecule has 2 heterocycles. The standard InChI is InChI=1S/C15H26N2O4/c1-3-5-15(13(18)19)6-8-17(9-7-15)14(20)16-12-4-10-21-11(12)2/h11-12H,3-10H2,1-2H3,(H,16,20)(H,18,19). The lowest BCUT2D eigenvalue weighted by Gasteiger charge is -2.39. The minimum Gasteiger partial charge on any atom is -0.481 e. The maximum Gasteiger partial charge on any atom is 0.317 e. The Morgan fingerprint density at radius 2 is 2.05 bits per heavy atom. The molecule has 2 fully saturated rings. The third-order valence-corrected chi connectivity index (χ3v) is 4.88. The van der Waals surface area contributed by atoms with Gasteiger partial charge in [0.1, 0.15) is 0 Å². The van der Waals surface area contributed by atoms with Crippen LogP contribution < -0.4 is 5.32 Å². The maximum atomic E-state index is 12.3. The van der Waals surface area contributed by atoms with E-state index in [0.717, 1.165) is 12.8 Å². The van der Waals surface area contributed by atoms with E-state index in [0.29, 0.717) is 39.0 Å². The van der Waals surface area contributed by atoms with E-state index in [9.17, 15) is 14.7 Å². The van der Waals surface area contributed by atoms with E-state index in [-0.39, 0.29) is 18.2 Å². The fraction of sp³-hybridized carbons (Fsp3) is 0.867. The van der Waals surface area contributed by atoms with E-state index in [1.165, 1.54) is 0 Å². The van der Waals surface area contributed by atoms with Gasteiger partial charge in [0, 0.05) is 19.7 Å². The molecular formula is C15H26N2O4. The van der Waals surface area contributed by atoms with Crippen LogP contribution >= 0.6 is 0 Å². The summed E-state index contributed by atoms with van der Waals surface area (Å²) in [7, 11) is 0. The fourth-order valence-corrected chi connectivity index (χ4v) is 3.36. The maximum absolute atomic E-state index is 12.3. The number of hydrogen-bond acceptors (Lipinski definition) is 3. The van der Waals surface area contributed by atoms with Crippen LogP contribution in [0.2, 0.25) is 0 Å². The number of hydrogen-bond donors (Lipinski definition) is 2. The van der Waals surface area contributed by atoms with E-state index >= 15 is 0 Å². The summed E-state index contributed by atoms with van der Waals surface area (Å²) in [6, 6.07) is -0.0212. The first-order valence-electron chi connectivity index (χ1n) is 7.89. The van der Waals surface area contributed by atoms with Crippen molar-refractivity contribution in [2.75, 3.05) is 19.7 Å². The average Bonchev–Trinajstić information content (AvgIpc) is 2.85. The predicted molar refractivity (Wildman–Crippen MR) is 78.1 cm³/mol. The summed E-state index contributed by atoms with van der Waals surface area (Å²) < 4.78 is 5.44. The van der Waals surface area contributed by atoms with E-state index in [4.69, 9.17) is 4.74 Å². The first-order chi connectivity index (χ1) is 9.98. The predicted octanol–water partition coefficient (Wildman–Crippen LogP) is 1.84. The molecule has 2 atom stereocenters. The first kappa shape index (κ1) is 16.1. The minimum absolute atomic E-state index is 0.0527. The van der Waals surface area contributed by atoms with Crippen LogP contribution in [-0.4, -0.2) is 53.8 Å². The van der Waals surface area contributed by atoms with E-state index < -0.39 is 11.4 Å². The number of ether oxygens (including phenoxy) is 1. The lowest BCUT2D eigenvalue weighted by atomic mass is 9.75. The number of carboxylic acid groups (broad SMARTS) is 1. The smallest absolute Gasteiger partial charge is 0.317 e. The first-order valence-corrected chi connectivity index (χ1v) is 7.89. The van der Waals surface area contributed by atoms with Gasteiger partial charge in [-0.2, -0.15) is 0 Å². The van der Waals surface area contributed by atoms with E-state index in [2.05, 4.69) is 5.32 Å². The number of nitrogens with zero attached hydrogens (tertiary/aromatic N) is 1. The molecule has 2 N–H and O–H groups in total. The topological polar surface area (TPSA) is 78.9 Å². The van der Waals surface area contributed by atoms with Gasteiger partial charge in [-0.1, -0.05) is 13.3 Å². The molecule has 2 unspecified atom stereocenters. The molecule has 6 heteroatoms. The summed E-state index contributed by atoms with van der Waals surface area (Å²) in [6.45, 7) is 5.68. The number of carbonyl (C=O) groups is 2. The number of rotatable bonds is 4. The van der Waals surface area contributed by atoms with Gasteiger partial charge >= 0.3 is 12.0 Å². The van der Waals surface area contributed by atoms with Crippen molar-refractivity contribution in [3.8, 4) is 0 Å². The second-order valence-corrected chi connectivity index (χ2v) is 6.24. The second-order valence-electron chi connectivity index (χ2n) is 6.24. The van der Waals surface area contributed by atoms with Crippen LogP contribution in [0, 0.1) is 5.41 Å². The van der Waals surface area contributed by atoms with Gasteiger partial charge in [-0.15, -0.1) is 0 Å². The number of amides is 2.